The summed E-state index contributed by atoms with van der Waals surface area (Å²) >= 11 is 0. The maximum atomic E-state index is 11.2. The summed E-state index contributed by atoms with van der Waals surface area (Å²) in [6.07, 6.45) is 8.96. The lowest BCUT2D eigenvalue weighted by molar-refractivity contribution is -0.121. The van der Waals surface area contributed by atoms with E-state index in [1.54, 1.807) is 0 Å². The van der Waals surface area contributed by atoms with Gasteiger partial charge >= 0.3 is 0 Å². The molecule has 15 heavy (non-hydrogen) atoms. The Hall–Kier alpha value is -0.570. The first-order valence-electron chi connectivity index (χ1n) is 6.20. The van der Waals surface area contributed by atoms with Crippen molar-refractivity contribution in [2.45, 2.75) is 51.4 Å². The van der Waals surface area contributed by atoms with Crippen LogP contribution in [0.4, 0.5) is 0 Å². The molecule has 0 aliphatic heterocycles. The number of carbonyl (C=O) groups is 1. The third kappa shape index (κ3) is 5.78. The van der Waals surface area contributed by atoms with Crippen LogP contribution in [0.25, 0.3) is 0 Å². The van der Waals surface area contributed by atoms with E-state index >= 15 is 0 Å². The number of rotatable bonds is 6. The highest BCUT2D eigenvalue weighted by Gasteiger charge is 2.12. The van der Waals surface area contributed by atoms with Crippen molar-refractivity contribution in [2.75, 3.05) is 13.2 Å². The van der Waals surface area contributed by atoms with Crippen molar-refractivity contribution in [1.29, 1.82) is 0 Å². The number of carbonyl (C=O) groups excluding carboxylic acids is 1. The predicted octanol–water partition coefficient (Wildman–Crippen LogP) is 1.85. The quantitative estimate of drug-likeness (QED) is 0.707. The number of aliphatic hydroxyl groups is 1. The molecule has 1 fully saturated rings. The van der Waals surface area contributed by atoms with Crippen molar-refractivity contribution in [3.8, 4) is 0 Å². The van der Waals surface area contributed by atoms with Gasteiger partial charge in [-0.1, -0.05) is 32.1 Å². The zero-order valence-electron chi connectivity index (χ0n) is 9.50. The number of hydrogen-bond acceptors (Lipinski definition) is 2. The van der Waals surface area contributed by atoms with Crippen molar-refractivity contribution in [2.24, 2.45) is 5.92 Å². The van der Waals surface area contributed by atoms with Crippen molar-refractivity contribution in [1.82, 2.24) is 5.32 Å². The van der Waals surface area contributed by atoms with E-state index in [1.807, 2.05) is 0 Å². The third-order valence-electron chi connectivity index (χ3n) is 3.16. The fourth-order valence-electron chi connectivity index (χ4n) is 2.22. The summed E-state index contributed by atoms with van der Waals surface area (Å²) in [5, 5.41) is 11.5. The summed E-state index contributed by atoms with van der Waals surface area (Å²) in [4.78, 5) is 11.2. The first-order valence-corrected chi connectivity index (χ1v) is 6.20. The van der Waals surface area contributed by atoms with Gasteiger partial charge in [-0.25, -0.2) is 0 Å². The molecule has 0 unspecified atom stereocenters. The minimum absolute atomic E-state index is 0.0832. The molecule has 1 aliphatic carbocycles. The monoisotopic (exact) mass is 213 g/mol. The van der Waals surface area contributed by atoms with Crippen LogP contribution in [0.15, 0.2) is 0 Å². The molecule has 0 saturated heterocycles. The maximum Gasteiger partial charge on any atom is 0.220 e. The fraction of sp³-hybridized carbons (Fsp3) is 0.917. The summed E-state index contributed by atoms with van der Waals surface area (Å²) in [7, 11) is 0. The van der Waals surface area contributed by atoms with Crippen LogP contribution in [-0.4, -0.2) is 24.2 Å². The largest absolute Gasteiger partial charge is 0.396 e. The molecule has 2 N–H and O–H groups in total. The Morgan fingerprint density at radius 3 is 2.67 bits per heavy atom. The second kappa shape index (κ2) is 7.69. The maximum absolute atomic E-state index is 11.2. The van der Waals surface area contributed by atoms with E-state index in [-0.39, 0.29) is 12.5 Å². The van der Waals surface area contributed by atoms with Crippen LogP contribution >= 0.6 is 0 Å². The second-order valence-corrected chi connectivity index (χ2v) is 4.47. The molecule has 1 saturated carbocycles. The molecule has 0 bridgehead atoms. The Bertz CT molecular complexity index is 176. The van der Waals surface area contributed by atoms with E-state index in [0.717, 1.165) is 18.9 Å². The normalized spacial score (nSPS) is 17.7. The van der Waals surface area contributed by atoms with Crippen molar-refractivity contribution in [3.05, 3.63) is 0 Å². The van der Waals surface area contributed by atoms with Crippen LogP contribution in [0, 0.1) is 5.92 Å². The second-order valence-electron chi connectivity index (χ2n) is 4.47. The topological polar surface area (TPSA) is 49.3 Å². The summed E-state index contributed by atoms with van der Waals surface area (Å²) in [5.74, 6) is 0.914. The third-order valence-corrected chi connectivity index (χ3v) is 3.16. The molecule has 1 amide bonds. The average molecular weight is 213 g/mol. The van der Waals surface area contributed by atoms with Crippen LogP contribution < -0.4 is 5.32 Å². The minimum atomic E-state index is 0.0832. The van der Waals surface area contributed by atoms with Crippen LogP contribution in [0.3, 0.4) is 0 Å². The summed E-state index contributed by atoms with van der Waals surface area (Å²) in [6, 6.07) is 0. The number of hydrogen-bond donors (Lipinski definition) is 2. The van der Waals surface area contributed by atoms with Gasteiger partial charge in [0.05, 0.1) is 0 Å². The first-order chi connectivity index (χ1) is 7.33. The van der Waals surface area contributed by atoms with Crippen molar-refractivity contribution >= 4 is 5.91 Å². The van der Waals surface area contributed by atoms with Crippen LogP contribution in [0.5, 0.6) is 0 Å². The Morgan fingerprint density at radius 1 is 1.27 bits per heavy atom. The Morgan fingerprint density at radius 2 is 2.00 bits per heavy atom. The number of amides is 1. The highest BCUT2D eigenvalue weighted by Crippen LogP contribution is 2.25. The Kier molecular flexibility index (Phi) is 6.41. The average Bonchev–Trinajstić information content (AvgIpc) is 2.28. The van der Waals surface area contributed by atoms with Crippen LogP contribution in [0.2, 0.25) is 0 Å². The molecule has 0 aromatic heterocycles. The predicted molar refractivity (Wildman–Crippen MR) is 60.5 cm³/mol. The van der Waals surface area contributed by atoms with Crippen molar-refractivity contribution < 1.29 is 9.90 Å². The van der Waals surface area contributed by atoms with Gasteiger partial charge in [0.2, 0.25) is 5.91 Å². The van der Waals surface area contributed by atoms with Crippen molar-refractivity contribution in [3.63, 3.8) is 0 Å². The summed E-state index contributed by atoms with van der Waals surface area (Å²) < 4.78 is 0. The van der Waals surface area contributed by atoms with Gasteiger partial charge in [-0.3, -0.25) is 4.79 Å². The summed E-state index contributed by atoms with van der Waals surface area (Å²) in [6.45, 7) is 0.922. The van der Waals surface area contributed by atoms with E-state index < -0.39 is 0 Å². The van der Waals surface area contributed by atoms with Gasteiger partial charge in [-0.15, -0.1) is 0 Å². The van der Waals surface area contributed by atoms with E-state index in [9.17, 15) is 4.79 Å². The Balaban J connectivity index is 1.97. The number of aliphatic hydroxyl groups excluding tert-OH is 1. The first kappa shape index (κ1) is 12.5. The number of nitrogens with one attached hydrogen (secondary N) is 1. The minimum Gasteiger partial charge on any atom is -0.396 e. The molecule has 1 rings (SSSR count). The van der Waals surface area contributed by atoms with Gasteiger partial charge in [-0.05, 0) is 18.8 Å². The van der Waals surface area contributed by atoms with Gasteiger partial charge in [0.15, 0.2) is 0 Å². The van der Waals surface area contributed by atoms with E-state index in [0.29, 0.717) is 12.8 Å². The molecule has 0 aromatic carbocycles. The lowest BCUT2D eigenvalue weighted by Crippen LogP contribution is -2.26. The molecule has 0 radical (unpaired) electrons. The molecule has 0 spiro atoms. The van der Waals surface area contributed by atoms with Crippen LogP contribution in [0.1, 0.15) is 51.4 Å². The molecule has 0 heterocycles. The molecule has 1 aliphatic rings. The lowest BCUT2D eigenvalue weighted by atomic mass is 9.87. The summed E-state index contributed by atoms with van der Waals surface area (Å²) in [5.41, 5.74) is 0. The van der Waals surface area contributed by atoms with E-state index in [4.69, 9.17) is 5.11 Å². The standard InChI is InChI=1S/C12H23NO2/c14-10-4-7-12(15)13-9-8-11-5-2-1-3-6-11/h11,14H,1-10H2,(H,13,15). The molecule has 3 heteroatoms. The smallest absolute Gasteiger partial charge is 0.220 e. The molecule has 88 valence electrons. The highest BCUT2D eigenvalue weighted by molar-refractivity contribution is 5.75. The Labute approximate surface area is 92.3 Å². The van der Waals surface area contributed by atoms with Gasteiger partial charge in [-0.2, -0.15) is 0 Å². The zero-order chi connectivity index (χ0) is 10.9. The molecular formula is C12H23NO2. The SMILES string of the molecule is O=C(CCCO)NCCC1CCCCC1. The highest BCUT2D eigenvalue weighted by atomic mass is 16.3. The molecular weight excluding hydrogens is 190 g/mol. The molecule has 0 atom stereocenters. The van der Waals surface area contributed by atoms with E-state index in [2.05, 4.69) is 5.32 Å². The lowest BCUT2D eigenvalue weighted by Gasteiger charge is -2.21. The van der Waals surface area contributed by atoms with Gasteiger partial charge < -0.3 is 10.4 Å². The molecule has 0 aromatic rings. The zero-order valence-corrected chi connectivity index (χ0v) is 9.50. The van der Waals surface area contributed by atoms with Crippen LogP contribution in [-0.2, 0) is 4.79 Å². The van der Waals surface area contributed by atoms with Gasteiger partial charge in [0.1, 0.15) is 0 Å². The van der Waals surface area contributed by atoms with E-state index in [1.165, 1.54) is 32.1 Å². The van der Waals surface area contributed by atoms with Gasteiger partial charge in [0, 0.05) is 19.6 Å². The fourth-order valence-corrected chi connectivity index (χ4v) is 2.22. The molecule has 3 nitrogen and oxygen atoms in total. The van der Waals surface area contributed by atoms with Gasteiger partial charge in [0.25, 0.3) is 0 Å².